The van der Waals surface area contributed by atoms with Crippen LogP contribution in [0.15, 0.2) is 0 Å². The van der Waals surface area contributed by atoms with Gasteiger partial charge in [-0.3, -0.25) is 9.59 Å². The summed E-state index contributed by atoms with van der Waals surface area (Å²) in [6.07, 6.45) is 1.30. The van der Waals surface area contributed by atoms with E-state index in [1.54, 1.807) is 21.0 Å². The fourth-order valence-corrected chi connectivity index (χ4v) is 1.89. The largest absolute Gasteiger partial charge is 0.481 e. The standard InChI is InChI=1S/C13H25N3O4/c1-5-6-10(7-11(17)18)15-13(20)16(4)8-9(2)12(19)14-3/h9-10H,5-8H2,1-4H3,(H,14,19)(H,15,20)(H,17,18). The van der Waals surface area contributed by atoms with E-state index in [4.69, 9.17) is 5.11 Å². The van der Waals surface area contributed by atoms with E-state index < -0.39 is 5.97 Å². The fourth-order valence-electron chi connectivity index (χ4n) is 1.89. The van der Waals surface area contributed by atoms with Crippen LogP contribution in [0.5, 0.6) is 0 Å². The van der Waals surface area contributed by atoms with Gasteiger partial charge in [-0.1, -0.05) is 20.3 Å². The van der Waals surface area contributed by atoms with E-state index in [2.05, 4.69) is 10.6 Å². The Balaban J connectivity index is 4.40. The first-order valence-electron chi connectivity index (χ1n) is 6.76. The van der Waals surface area contributed by atoms with E-state index in [0.717, 1.165) is 6.42 Å². The van der Waals surface area contributed by atoms with Crippen molar-refractivity contribution >= 4 is 17.9 Å². The maximum Gasteiger partial charge on any atom is 0.317 e. The summed E-state index contributed by atoms with van der Waals surface area (Å²) in [5.41, 5.74) is 0. The molecule has 0 fully saturated rings. The number of carbonyl (C=O) groups excluding carboxylic acids is 2. The van der Waals surface area contributed by atoms with E-state index in [1.807, 2.05) is 6.92 Å². The first-order chi connectivity index (χ1) is 9.31. The van der Waals surface area contributed by atoms with Gasteiger partial charge in [-0.15, -0.1) is 0 Å². The van der Waals surface area contributed by atoms with Crippen LogP contribution in [0.1, 0.15) is 33.1 Å². The average Bonchev–Trinajstić information content (AvgIpc) is 2.36. The lowest BCUT2D eigenvalue weighted by Crippen LogP contribution is -2.46. The second-order valence-corrected chi connectivity index (χ2v) is 4.93. The molecule has 0 aromatic carbocycles. The Morgan fingerprint density at radius 1 is 1.30 bits per heavy atom. The Morgan fingerprint density at radius 3 is 2.35 bits per heavy atom. The predicted octanol–water partition coefficient (Wildman–Crippen LogP) is 0.653. The van der Waals surface area contributed by atoms with Crippen LogP contribution in [-0.2, 0) is 9.59 Å². The van der Waals surface area contributed by atoms with Gasteiger partial charge >= 0.3 is 12.0 Å². The number of hydrogen-bond donors (Lipinski definition) is 3. The number of amides is 3. The van der Waals surface area contributed by atoms with Crippen molar-refractivity contribution < 1.29 is 19.5 Å². The molecule has 0 rings (SSSR count). The monoisotopic (exact) mass is 287 g/mol. The number of nitrogens with one attached hydrogen (secondary N) is 2. The van der Waals surface area contributed by atoms with Crippen LogP contribution in [0.4, 0.5) is 4.79 Å². The first-order valence-corrected chi connectivity index (χ1v) is 6.76. The van der Waals surface area contributed by atoms with Crippen molar-refractivity contribution in [2.45, 2.75) is 39.2 Å². The van der Waals surface area contributed by atoms with Crippen molar-refractivity contribution in [2.24, 2.45) is 5.92 Å². The van der Waals surface area contributed by atoms with Gasteiger partial charge in [0.2, 0.25) is 5.91 Å². The predicted molar refractivity (Wildman–Crippen MR) is 75.3 cm³/mol. The van der Waals surface area contributed by atoms with Gasteiger partial charge < -0.3 is 20.6 Å². The number of carboxylic acids is 1. The minimum atomic E-state index is -0.940. The molecular weight excluding hydrogens is 262 g/mol. The summed E-state index contributed by atoms with van der Waals surface area (Å²) in [6.45, 7) is 3.93. The molecule has 20 heavy (non-hydrogen) atoms. The van der Waals surface area contributed by atoms with Gasteiger partial charge in [0.15, 0.2) is 0 Å². The number of aliphatic carboxylic acids is 1. The second kappa shape index (κ2) is 9.17. The van der Waals surface area contributed by atoms with Gasteiger partial charge in [-0.2, -0.15) is 0 Å². The highest BCUT2D eigenvalue weighted by atomic mass is 16.4. The van der Waals surface area contributed by atoms with Gasteiger partial charge in [-0.25, -0.2) is 4.79 Å². The maximum atomic E-state index is 11.9. The Hall–Kier alpha value is -1.79. The third kappa shape index (κ3) is 6.96. The molecule has 0 aromatic heterocycles. The normalized spacial score (nSPS) is 13.2. The molecule has 0 radical (unpaired) electrons. The van der Waals surface area contributed by atoms with Crippen LogP contribution in [-0.4, -0.2) is 54.6 Å². The van der Waals surface area contributed by atoms with Crippen molar-refractivity contribution in [3.05, 3.63) is 0 Å². The van der Waals surface area contributed by atoms with Crippen LogP contribution < -0.4 is 10.6 Å². The number of carbonyl (C=O) groups is 3. The zero-order valence-electron chi connectivity index (χ0n) is 12.6. The lowest BCUT2D eigenvalue weighted by molar-refractivity contribution is -0.137. The Morgan fingerprint density at radius 2 is 1.90 bits per heavy atom. The van der Waals surface area contributed by atoms with E-state index in [1.165, 1.54) is 4.90 Å². The molecule has 0 aromatic rings. The molecule has 116 valence electrons. The van der Waals surface area contributed by atoms with Crippen LogP contribution in [0.3, 0.4) is 0 Å². The van der Waals surface area contributed by atoms with E-state index >= 15 is 0 Å². The minimum Gasteiger partial charge on any atom is -0.481 e. The quantitative estimate of drug-likeness (QED) is 0.610. The molecule has 0 bridgehead atoms. The highest BCUT2D eigenvalue weighted by molar-refractivity contribution is 5.80. The van der Waals surface area contributed by atoms with E-state index in [-0.39, 0.29) is 36.9 Å². The Kier molecular flexibility index (Phi) is 8.35. The lowest BCUT2D eigenvalue weighted by Gasteiger charge is -2.24. The highest BCUT2D eigenvalue weighted by Crippen LogP contribution is 2.04. The summed E-state index contributed by atoms with van der Waals surface area (Å²) in [5, 5.41) is 14.0. The third-order valence-electron chi connectivity index (χ3n) is 2.97. The van der Waals surface area contributed by atoms with E-state index in [9.17, 15) is 14.4 Å². The first kappa shape index (κ1) is 18.2. The number of hydrogen-bond acceptors (Lipinski definition) is 3. The molecule has 0 saturated carbocycles. The molecule has 0 aliphatic rings. The molecule has 0 aliphatic heterocycles. The summed E-state index contributed by atoms with van der Waals surface area (Å²) in [4.78, 5) is 35.5. The zero-order valence-corrected chi connectivity index (χ0v) is 12.6. The van der Waals surface area contributed by atoms with Crippen LogP contribution in [0.25, 0.3) is 0 Å². The summed E-state index contributed by atoms with van der Waals surface area (Å²) in [5.74, 6) is -1.40. The second-order valence-electron chi connectivity index (χ2n) is 4.93. The van der Waals surface area contributed by atoms with Gasteiger partial charge in [-0.05, 0) is 6.42 Å². The molecule has 2 unspecified atom stereocenters. The molecule has 0 heterocycles. The van der Waals surface area contributed by atoms with Crippen molar-refractivity contribution in [3.63, 3.8) is 0 Å². The number of nitrogens with zero attached hydrogens (tertiary/aromatic N) is 1. The molecule has 0 saturated heterocycles. The van der Waals surface area contributed by atoms with E-state index in [0.29, 0.717) is 6.42 Å². The molecule has 2 atom stereocenters. The van der Waals surface area contributed by atoms with Gasteiger partial charge in [0, 0.05) is 26.7 Å². The van der Waals surface area contributed by atoms with Crippen LogP contribution >= 0.6 is 0 Å². The minimum absolute atomic E-state index is 0.0988. The average molecular weight is 287 g/mol. The highest BCUT2D eigenvalue weighted by Gasteiger charge is 2.20. The molecule has 7 heteroatoms. The Bertz CT molecular complexity index is 347. The number of urea groups is 1. The summed E-state index contributed by atoms with van der Waals surface area (Å²) in [7, 11) is 3.13. The lowest BCUT2D eigenvalue weighted by atomic mass is 10.1. The van der Waals surface area contributed by atoms with Crippen molar-refractivity contribution in [1.82, 2.24) is 15.5 Å². The molecule has 0 spiro atoms. The van der Waals surface area contributed by atoms with Crippen molar-refractivity contribution in [2.75, 3.05) is 20.6 Å². The number of carboxylic acid groups (broad SMARTS) is 1. The van der Waals surface area contributed by atoms with Crippen molar-refractivity contribution in [1.29, 1.82) is 0 Å². The SMILES string of the molecule is CCCC(CC(=O)O)NC(=O)N(C)CC(C)C(=O)NC. The molecule has 7 nitrogen and oxygen atoms in total. The van der Waals surface area contributed by atoms with Gasteiger partial charge in [0.05, 0.1) is 12.3 Å². The number of rotatable bonds is 8. The van der Waals surface area contributed by atoms with Crippen LogP contribution in [0, 0.1) is 5.92 Å². The van der Waals surface area contributed by atoms with Gasteiger partial charge in [0.1, 0.15) is 0 Å². The molecule has 0 aliphatic carbocycles. The van der Waals surface area contributed by atoms with Gasteiger partial charge in [0.25, 0.3) is 0 Å². The molecule has 3 amide bonds. The molecular formula is C13H25N3O4. The summed E-state index contributed by atoms with van der Waals surface area (Å²) >= 11 is 0. The smallest absolute Gasteiger partial charge is 0.317 e. The maximum absolute atomic E-state index is 11.9. The van der Waals surface area contributed by atoms with Crippen molar-refractivity contribution in [3.8, 4) is 0 Å². The summed E-state index contributed by atoms with van der Waals surface area (Å²) < 4.78 is 0. The zero-order chi connectivity index (χ0) is 15.7. The van der Waals surface area contributed by atoms with Crippen LogP contribution in [0.2, 0.25) is 0 Å². The Labute approximate surface area is 119 Å². The third-order valence-corrected chi connectivity index (χ3v) is 2.97. The summed E-state index contributed by atoms with van der Waals surface area (Å²) in [6, 6.07) is -0.747. The fraction of sp³-hybridized carbons (Fsp3) is 0.769. The topological polar surface area (TPSA) is 98.7 Å². The molecule has 3 N–H and O–H groups in total.